The highest BCUT2D eigenvalue weighted by atomic mass is 79.9. The summed E-state index contributed by atoms with van der Waals surface area (Å²) in [4.78, 5) is 12.1. The van der Waals surface area contributed by atoms with Crippen LogP contribution in [0.4, 0.5) is 0 Å². The van der Waals surface area contributed by atoms with Gasteiger partial charge in [-0.15, -0.1) is 0 Å². The van der Waals surface area contributed by atoms with E-state index in [2.05, 4.69) is 44.1 Å². The van der Waals surface area contributed by atoms with Crippen molar-refractivity contribution in [1.29, 1.82) is 0 Å². The molecule has 1 unspecified atom stereocenters. The van der Waals surface area contributed by atoms with E-state index in [1.54, 1.807) is 0 Å². The Bertz CT molecular complexity index is 414. The SMILES string of the molecule is CCC(C)(CBr)NC(=O)c1ccc(C)cc1Br. The van der Waals surface area contributed by atoms with Crippen molar-refractivity contribution >= 4 is 37.8 Å². The Morgan fingerprint density at radius 2 is 2.12 bits per heavy atom. The van der Waals surface area contributed by atoms with Crippen molar-refractivity contribution < 1.29 is 4.79 Å². The molecule has 1 amide bonds. The Kier molecular flexibility index (Phi) is 5.20. The van der Waals surface area contributed by atoms with E-state index in [0.717, 1.165) is 21.8 Å². The summed E-state index contributed by atoms with van der Waals surface area (Å²) in [5.41, 5.74) is 1.60. The van der Waals surface area contributed by atoms with E-state index >= 15 is 0 Å². The average molecular weight is 363 g/mol. The van der Waals surface area contributed by atoms with Crippen LogP contribution in [0.2, 0.25) is 0 Å². The highest BCUT2D eigenvalue weighted by Crippen LogP contribution is 2.20. The fraction of sp³-hybridized carbons (Fsp3) is 0.462. The lowest BCUT2D eigenvalue weighted by atomic mass is 10.0. The Balaban J connectivity index is 2.90. The molecule has 0 aromatic heterocycles. The largest absolute Gasteiger partial charge is 0.346 e. The minimum Gasteiger partial charge on any atom is -0.346 e. The van der Waals surface area contributed by atoms with Gasteiger partial charge < -0.3 is 5.32 Å². The third-order valence-corrected chi connectivity index (χ3v) is 4.75. The fourth-order valence-corrected chi connectivity index (χ4v) is 2.57. The van der Waals surface area contributed by atoms with Gasteiger partial charge in [-0.3, -0.25) is 4.79 Å². The minimum atomic E-state index is -0.207. The molecule has 0 aliphatic rings. The molecular weight excluding hydrogens is 346 g/mol. The van der Waals surface area contributed by atoms with Crippen LogP contribution in [0.15, 0.2) is 22.7 Å². The molecule has 0 spiro atoms. The first-order valence-electron chi connectivity index (χ1n) is 5.56. The molecule has 0 aliphatic heterocycles. The van der Waals surface area contributed by atoms with E-state index in [-0.39, 0.29) is 11.4 Å². The normalized spacial score (nSPS) is 14.2. The van der Waals surface area contributed by atoms with Gasteiger partial charge in [0.15, 0.2) is 0 Å². The maximum atomic E-state index is 12.1. The van der Waals surface area contributed by atoms with Crippen LogP contribution < -0.4 is 5.32 Å². The van der Waals surface area contributed by atoms with E-state index < -0.39 is 0 Å². The average Bonchev–Trinajstić information content (AvgIpc) is 2.28. The van der Waals surface area contributed by atoms with Gasteiger partial charge in [0.1, 0.15) is 0 Å². The standard InChI is InChI=1S/C13H17Br2NO/c1-4-13(3,8-14)16-12(17)10-6-5-9(2)7-11(10)15/h5-7H,4,8H2,1-3H3,(H,16,17). The molecule has 0 bridgehead atoms. The van der Waals surface area contributed by atoms with Gasteiger partial charge in [0.2, 0.25) is 0 Å². The predicted molar refractivity (Wildman–Crippen MR) is 78.8 cm³/mol. The molecular formula is C13H17Br2NO. The first kappa shape index (κ1) is 14.7. The van der Waals surface area contributed by atoms with Crippen LogP contribution in [0.1, 0.15) is 36.2 Å². The van der Waals surface area contributed by atoms with Crippen molar-refractivity contribution in [3.05, 3.63) is 33.8 Å². The Morgan fingerprint density at radius 1 is 1.47 bits per heavy atom. The summed E-state index contributed by atoms with van der Waals surface area (Å²) in [6.07, 6.45) is 0.882. The van der Waals surface area contributed by atoms with Gasteiger partial charge in [-0.1, -0.05) is 28.9 Å². The molecule has 0 aliphatic carbocycles. The van der Waals surface area contributed by atoms with Crippen LogP contribution in [-0.4, -0.2) is 16.8 Å². The zero-order valence-electron chi connectivity index (χ0n) is 10.3. The predicted octanol–water partition coefficient (Wildman–Crippen LogP) is 4.05. The number of hydrogen-bond acceptors (Lipinski definition) is 1. The van der Waals surface area contributed by atoms with Crippen molar-refractivity contribution in [2.75, 3.05) is 5.33 Å². The van der Waals surface area contributed by atoms with Crippen molar-refractivity contribution in [3.63, 3.8) is 0 Å². The number of hydrogen-bond donors (Lipinski definition) is 1. The van der Waals surface area contributed by atoms with Crippen LogP contribution in [0.25, 0.3) is 0 Å². The first-order valence-corrected chi connectivity index (χ1v) is 7.48. The molecule has 4 heteroatoms. The van der Waals surface area contributed by atoms with E-state index in [9.17, 15) is 4.79 Å². The van der Waals surface area contributed by atoms with Crippen LogP contribution in [0.3, 0.4) is 0 Å². The van der Waals surface area contributed by atoms with Gasteiger partial charge in [-0.25, -0.2) is 0 Å². The number of benzene rings is 1. The number of alkyl halides is 1. The molecule has 94 valence electrons. The highest BCUT2D eigenvalue weighted by Gasteiger charge is 2.24. The lowest BCUT2D eigenvalue weighted by molar-refractivity contribution is 0.0912. The fourth-order valence-electron chi connectivity index (χ4n) is 1.36. The van der Waals surface area contributed by atoms with E-state index in [1.807, 2.05) is 32.0 Å². The molecule has 1 aromatic carbocycles. The number of amides is 1. The van der Waals surface area contributed by atoms with Gasteiger partial charge in [-0.05, 0) is 53.9 Å². The molecule has 0 saturated heterocycles. The van der Waals surface area contributed by atoms with Crippen LogP contribution in [-0.2, 0) is 0 Å². The van der Waals surface area contributed by atoms with Crippen LogP contribution in [0.5, 0.6) is 0 Å². The number of carbonyl (C=O) groups excluding carboxylic acids is 1. The molecule has 0 fully saturated rings. The van der Waals surface area contributed by atoms with Gasteiger partial charge in [0, 0.05) is 15.3 Å². The van der Waals surface area contributed by atoms with E-state index in [0.29, 0.717) is 5.56 Å². The smallest absolute Gasteiger partial charge is 0.252 e. The third-order valence-electron chi connectivity index (χ3n) is 2.86. The van der Waals surface area contributed by atoms with Crippen molar-refractivity contribution in [1.82, 2.24) is 5.32 Å². The molecule has 1 rings (SSSR count). The summed E-state index contributed by atoms with van der Waals surface area (Å²) in [6.45, 7) is 6.09. The van der Waals surface area contributed by atoms with Gasteiger partial charge in [-0.2, -0.15) is 0 Å². The second-order valence-electron chi connectivity index (χ2n) is 4.49. The molecule has 0 heterocycles. The van der Waals surface area contributed by atoms with Crippen molar-refractivity contribution in [2.45, 2.75) is 32.7 Å². The number of nitrogens with one attached hydrogen (secondary N) is 1. The summed E-state index contributed by atoms with van der Waals surface area (Å²) in [6, 6.07) is 5.74. The topological polar surface area (TPSA) is 29.1 Å². The number of halogens is 2. The molecule has 1 aromatic rings. The Labute approximate surface area is 119 Å². The highest BCUT2D eigenvalue weighted by molar-refractivity contribution is 9.10. The van der Waals surface area contributed by atoms with Gasteiger partial charge in [0.05, 0.1) is 5.56 Å². The zero-order valence-corrected chi connectivity index (χ0v) is 13.5. The molecule has 2 nitrogen and oxygen atoms in total. The summed E-state index contributed by atoms with van der Waals surface area (Å²) >= 11 is 6.86. The minimum absolute atomic E-state index is 0.0410. The molecule has 0 saturated carbocycles. The maximum Gasteiger partial charge on any atom is 0.252 e. The monoisotopic (exact) mass is 361 g/mol. The summed E-state index contributed by atoms with van der Waals surface area (Å²) in [5.74, 6) is -0.0410. The molecule has 0 radical (unpaired) electrons. The zero-order chi connectivity index (χ0) is 13.1. The number of carbonyl (C=O) groups is 1. The lowest BCUT2D eigenvalue weighted by Gasteiger charge is -2.27. The maximum absolute atomic E-state index is 12.1. The molecule has 1 atom stereocenters. The van der Waals surface area contributed by atoms with Gasteiger partial charge in [0.25, 0.3) is 5.91 Å². The quantitative estimate of drug-likeness (QED) is 0.804. The van der Waals surface area contributed by atoms with Crippen LogP contribution >= 0.6 is 31.9 Å². The Hall–Kier alpha value is -0.350. The number of aryl methyl sites for hydroxylation is 1. The second kappa shape index (κ2) is 6.01. The summed E-state index contributed by atoms with van der Waals surface area (Å²) in [7, 11) is 0. The first-order chi connectivity index (χ1) is 7.91. The van der Waals surface area contributed by atoms with Gasteiger partial charge >= 0.3 is 0 Å². The summed E-state index contributed by atoms with van der Waals surface area (Å²) in [5, 5.41) is 3.80. The van der Waals surface area contributed by atoms with Crippen molar-refractivity contribution in [3.8, 4) is 0 Å². The van der Waals surface area contributed by atoms with E-state index in [4.69, 9.17) is 0 Å². The third kappa shape index (κ3) is 3.81. The lowest BCUT2D eigenvalue weighted by Crippen LogP contribution is -2.47. The summed E-state index contributed by atoms with van der Waals surface area (Å²) < 4.78 is 0.836. The Morgan fingerprint density at radius 3 is 2.59 bits per heavy atom. The van der Waals surface area contributed by atoms with E-state index in [1.165, 1.54) is 0 Å². The number of rotatable bonds is 4. The molecule has 17 heavy (non-hydrogen) atoms. The van der Waals surface area contributed by atoms with Crippen molar-refractivity contribution in [2.24, 2.45) is 0 Å². The van der Waals surface area contributed by atoms with Crippen LogP contribution in [0, 0.1) is 6.92 Å². The second-order valence-corrected chi connectivity index (χ2v) is 5.90. The molecule has 1 N–H and O–H groups in total.